The first kappa shape index (κ1) is 37.2. The lowest BCUT2D eigenvalue weighted by atomic mass is 9.88. The van der Waals surface area contributed by atoms with Crippen LogP contribution in [0.25, 0.3) is 72.3 Å². The molecule has 0 radical (unpaired) electrons. The van der Waals surface area contributed by atoms with Crippen LogP contribution in [-0.2, 0) is 5.41 Å². The summed E-state index contributed by atoms with van der Waals surface area (Å²) in [5, 5.41) is 5.06. The molecule has 0 bridgehead atoms. The summed E-state index contributed by atoms with van der Waals surface area (Å²) in [4.78, 5) is 4.88. The van der Waals surface area contributed by atoms with E-state index in [1.807, 2.05) is 76.0 Å². The van der Waals surface area contributed by atoms with Crippen LogP contribution in [0.15, 0.2) is 212 Å². The third-order valence-corrected chi connectivity index (χ3v) is 19.4. The van der Waals surface area contributed by atoms with Gasteiger partial charge in [-0.05, 0) is 93.9 Å². The van der Waals surface area contributed by atoms with Crippen molar-refractivity contribution in [2.75, 3.05) is 0 Å². The van der Waals surface area contributed by atoms with Gasteiger partial charge in [-0.2, -0.15) is 0 Å². The molecule has 11 aromatic rings. The molecule has 0 amide bonds. The second kappa shape index (κ2) is 17.4. The molecule has 1 aliphatic heterocycles. The summed E-state index contributed by atoms with van der Waals surface area (Å²) in [6.45, 7) is 6.64. The zero-order valence-corrected chi connectivity index (χ0v) is 40.1. The van der Waals surface area contributed by atoms with Crippen LogP contribution in [0.1, 0.15) is 52.5 Å². The third-order valence-electron chi connectivity index (χ3n) is 14.1. The first-order valence-electron chi connectivity index (χ1n) is 26.5. The summed E-state index contributed by atoms with van der Waals surface area (Å²) in [5.74, 6) is 2.15. The Hall–Kier alpha value is -7.80. The molecule has 4 heterocycles. The van der Waals surface area contributed by atoms with Crippen molar-refractivity contribution in [3.05, 3.63) is 224 Å². The fraction of sp³-hybridized carbons (Fsp3) is 0.143. The highest BCUT2D eigenvalue weighted by molar-refractivity contribution is 7.02. The molecule has 0 saturated carbocycles. The maximum atomic E-state index is 9.26. The summed E-state index contributed by atoms with van der Waals surface area (Å²) in [6.07, 6.45) is 9.25. The maximum Gasteiger partial charge on any atom is 0.269 e. The highest BCUT2D eigenvalue weighted by Crippen LogP contribution is 2.38. The molecule has 12 rings (SSSR count). The monoisotopic (exact) mass is 915 g/mol. The van der Waals surface area contributed by atoms with Crippen molar-refractivity contribution in [2.45, 2.75) is 57.5 Å². The largest absolute Gasteiger partial charge is 0.458 e. The molecular weight excluding hydrogens is 857 g/mol. The highest BCUT2D eigenvalue weighted by atomic mass is 28.3. The van der Waals surface area contributed by atoms with Gasteiger partial charge in [0.1, 0.15) is 25.4 Å². The van der Waals surface area contributed by atoms with Gasteiger partial charge >= 0.3 is 0 Å². The molecule has 1 fully saturated rings. The standard InChI is InChI=1S/C63H54N4OSi/c1-63(2,3)47-36-37-64-61(41-47)67-57-31-12-11-28-55(57)56-35-34-50(43-60(56)67)68-49-24-18-23-48(42-49)65-44-66(59-33-14-13-32-58(59)65)62-53(45-20-7-4-8-21-45)29-19-30-54(62)46-22-17-27-52(40-46)69(38-15-6-16-39-69)51-25-9-5-10-26-51/h4-5,7-14,17-37,40-43H,6,15-16,38-39H2,1-3H3/i4D,7D,8D,20D,21D. The number of fused-ring (bicyclic) bond motifs is 4. The van der Waals surface area contributed by atoms with Crippen molar-refractivity contribution in [3.63, 3.8) is 0 Å². The number of pyridine rings is 1. The number of hydrogen-bond donors (Lipinski definition) is 0. The van der Waals surface area contributed by atoms with Crippen molar-refractivity contribution >= 4 is 51.3 Å². The van der Waals surface area contributed by atoms with Gasteiger partial charge in [0.25, 0.3) is 6.33 Å². The van der Waals surface area contributed by atoms with Crippen molar-refractivity contribution in [1.29, 1.82) is 0 Å². The molecular formula is C63H54N4OSi. The lowest BCUT2D eigenvalue weighted by molar-refractivity contribution is -0.571. The highest BCUT2D eigenvalue weighted by Gasteiger charge is 2.38. The predicted molar refractivity (Wildman–Crippen MR) is 287 cm³/mol. The van der Waals surface area contributed by atoms with E-state index in [4.69, 9.17) is 13.8 Å². The van der Waals surface area contributed by atoms with Crippen LogP contribution in [0.2, 0.25) is 12.1 Å². The van der Waals surface area contributed by atoms with E-state index in [1.54, 1.807) is 0 Å². The van der Waals surface area contributed by atoms with Gasteiger partial charge in [0.2, 0.25) is 0 Å². The van der Waals surface area contributed by atoms with Crippen molar-refractivity contribution in [3.8, 4) is 50.9 Å². The molecule has 1 saturated heterocycles. The Kier molecular flexibility index (Phi) is 9.37. The van der Waals surface area contributed by atoms with Gasteiger partial charge in [-0.25, -0.2) is 4.98 Å². The molecule has 6 heteroatoms. The summed E-state index contributed by atoms with van der Waals surface area (Å²) >= 11 is 0. The zero-order chi connectivity index (χ0) is 50.9. The Morgan fingerprint density at radius 2 is 1.29 bits per heavy atom. The van der Waals surface area contributed by atoms with Gasteiger partial charge in [-0.3, -0.25) is 13.7 Å². The second-order valence-electron chi connectivity index (χ2n) is 19.3. The minimum absolute atomic E-state index is 0.0541. The quantitative estimate of drug-likeness (QED) is 0.0822. The molecule has 8 aromatic carbocycles. The Balaban J connectivity index is 1.01. The van der Waals surface area contributed by atoms with E-state index in [0.29, 0.717) is 22.7 Å². The number of benzene rings is 8. The van der Waals surface area contributed by atoms with Crippen LogP contribution in [-0.4, -0.2) is 22.2 Å². The minimum atomic E-state index is -2.14. The average Bonchev–Trinajstić information content (AvgIpc) is 3.99. The van der Waals surface area contributed by atoms with Gasteiger partial charge in [-0.15, -0.1) is 0 Å². The molecule has 3 aromatic heterocycles. The fourth-order valence-corrected chi connectivity index (χ4v) is 15.9. The molecule has 0 aliphatic carbocycles. The van der Waals surface area contributed by atoms with E-state index >= 15 is 0 Å². The van der Waals surface area contributed by atoms with Crippen LogP contribution in [0.3, 0.4) is 0 Å². The van der Waals surface area contributed by atoms with Crippen LogP contribution < -0.4 is 19.7 Å². The Bertz CT molecular complexity index is 3960. The molecule has 0 unspecified atom stereocenters. The second-order valence-corrected chi connectivity index (χ2v) is 23.7. The topological polar surface area (TPSA) is 35.9 Å². The minimum Gasteiger partial charge on any atom is -0.458 e. The molecule has 5 nitrogen and oxygen atoms in total. The first-order valence-corrected chi connectivity index (χ1v) is 26.4. The van der Waals surface area contributed by atoms with Crippen molar-refractivity contribution in [2.24, 2.45) is 0 Å². The summed E-state index contributed by atoms with van der Waals surface area (Å²) < 4.78 is 57.6. The summed E-state index contributed by atoms with van der Waals surface area (Å²) in [5.41, 5.74) is 8.82. The normalized spacial score (nSPS) is 14.9. The van der Waals surface area contributed by atoms with E-state index in [1.165, 1.54) is 47.3 Å². The van der Waals surface area contributed by atoms with Crippen LogP contribution >= 0.6 is 0 Å². The Morgan fingerprint density at radius 1 is 0.594 bits per heavy atom. The molecule has 69 heavy (non-hydrogen) atoms. The number of para-hydroxylation sites is 4. The van der Waals surface area contributed by atoms with E-state index < -0.39 is 14.1 Å². The number of aromatic nitrogens is 4. The van der Waals surface area contributed by atoms with Gasteiger partial charge in [0.15, 0.2) is 0 Å². The summed E-state index contributed by atoms with van der Waals surface area (Å²) in [6, 6.07) is 61.5. The van der Waals surface area contributed by atoms with E-state index in [2.05, 4.69) is 147 Å². The van der Waals surface area contributed by atoms with Gasteiger partial charge in [-0.1, -0.05) is 202 Å². The van der Waals surface area contributed by atoms with Gasteiger partial charge < -0.3 is 4.74 Å². The third kappa shape index (κ3) is 7.66. The van der Waals surface area contributed by atoms with Gasteiger partial charge in [0, 0.05) is 23.0 Å². The number of nitrogens with zero attached hydrogens (tertiary/aromatic N) is 4. The molecule has 1 aliphatic rings. The number of hydrogen-bond acceptors (Lipinski definition) is 2. The molecule has 0 atom stereocenters. The fourth-order valence-electron chi connectivity index (χ4n) is 10.8. The summed E-state index contributed by atoms with van der Waals surface area (Å²) in [7, 11) is -2.14. The van der Waals surface area contributed by atoms with Crippen molar-refractivity contribution in [1.82, 2.24) is 14.1 Å². The molecule has 0 spiro atoms. The smallest absolute Gasteiger partial charge is 0.269 e. The van der Waals surface area contributed by atoms with E-state index in [0.717, 1.165) is 55.5 Å². The van der Waals surface area contributed by atoms with Gasteiger partial charge in [0.05, 0.1) is 40.3 Å². The van der Waals surface area contributed by atoms with Crippen LogP contribution in [0.5, 0.6) is 11.5 Å². The van der Waals surface area contributed by atoms with E-state index in [-0.39, 0.29) is 35.1 Å². The van der Waals surface area contributed by atoms with Crippen LogP contribution in [0.4, 0.5) is 0 Å². The van der Waals surface area contributed by atoms with E-state index in [9.17, 15) is 2.74 Å². The SMILES string of the molecule is [2H]c1c([2H])c([2H])c(-c2cccc(-c3cccc([Si]4(c5ccccc5)CCCCC4)c3)c2-[n+]2[c-]n(-c3cccc(Oc4ccc5c6ccccc6n(-c6cc(C(C)(C)C)ccn6)c5c4)c3)c3ccccc32)c([2H])c1[2H]. The predicted octanol–water partition coefficient (Wildman–Crippen LogP) is 14.4. The Labute approximate surface area is 412 Å². The van der Waals surface area contributed by atoms with Crippen LogP contribution in [0, 0.1) is 6.33 Å². The number of imidazole rings is 1. The zero-order valence-electron chi connectivity index (χ0n) is 44.1. The number of ether oxygens (including phenoxy) is 1. The molecule has 336 valence electrons. The average molecular weight is 916 g/mol. The number of rotatable bonds is 9. The van der Waals surface area contributed by atoms with Crippen molar-refractivity contribution < 1.29 is 16.2 Å². The first-order chi connectivity index (χ1) is 35.9. The lowest BCUT2D eigenvalue weighted by Gasteiger charge is -2.36. The lowest BCUT2D eigenvalue weighted by Crippen LogP contribution is -2.59. The maximum absolute atomic E-state index is 9.26. The Morgan fingerprint density at radius 3 is 2.12 bits per heavy atom. The molecule has 0 N–H and O–H groups in total.